The minimum Gasteiger partial charge on any atom is -0.334 e. The molecule has 112 valence electrons. The molecule has 0 amide bonds. The summed E-state index contributed by atoms with van der Waals surface area (Å²) in [6.07, 6.45) is 1.04. The predicted molar refractivity (Wildman–Crippen MR) is 83.7 cm³/mol. The van der Waals surface area contributed by atoms with E-state index in [1.807, 2.05) is 12.1 Å². The topological polar surface area (TPSA) is 38.9 Å². The molecule has 3 rings (SSSR count). The van der Waals surface area contributed by atoms with Crippen molar-refractivity contribution < 1.29 is 8.91 Å². The zero-order valence-electron chi connectivity index (χ0n) is 12.6. The average molecular weight is 296 g/mol. The van der Waals surface area contributed by atoms with Crippen LogP contribution >= 0.6 is 0 Å². The molecule has 4 heteroatoms. The SMILES string of the molecule is CC(C)Cc1ccc(-c2nc(-c3cccc(F)c3)no2)cc1. The summed E-state index contributed by atoms with van der Waals surface area (Å²) in [4.78, 5) is 4.34. The highest BCUT2D eigenvalue weighted by Crippen LogP contribution is 2.23. The third kappa shape index (κ3) is 3.22. The van der Waals surface area contributed by atoms with Crippen LogP contribution in [0.2, 0.25) is 0 Å². The van der Waals surface area contributed by atoms with E-state index in [0.29, 0.717) is 23.2 Å². The lowest BCUT2D eigenvalue weighted by atomic mass is 10.0. The van der Waals surface area contributed by atoms with Gasteiger partial charge in [-0.3, -0.25) is 0 Å². The Kier molecular flexibility index (Phi) is 4.00. The lowest BCUT2D eigenvalue weighted by molar-refractivity contribution is 0.432. The summed E-state index contributed by atoms with van der Waals surface area (Å²) in [5, 5.41) is 3.92. The van der Waals surface area contributed by atoms with Crippen LogP contribution in [-0.4, -0.2) is 10.1 Å². The Morgan fingerprint density at radius 2 is 1.82 bits per heavy atom. The summed E-state index contributed by atoms with van der Waals surface area (Å²) in [5.74, 6) is 1.13. The van der Waals surface area contributed by atoms with Gasteiger partial charge in [-0.2, -0.15) is 4.98 Å². The minimum absolute atomic E-state index is 0.318. The number of hydrogen-bond donors (Lipinski definition) is 0. The molecule has 2 aromatic carbocycles. The first-order valence-corrected chi connectivity index (χ1v) is 7.31. The molecule has 3 aromatic rings. The van der Waals surface area contributed by atoms with Crippen LogP contribution in [0.25, 0.3) is 22.8 Å². The molecule has 1 aromatic heterocycles. The molecule has 22 heavy (non-hydrogen) atoms. The third-order valence-corrected chi connectivity index (χ3v) is 3.35. The fourth-order valence-corrected chi connectivity index (χ4v) is 2.34. The molecule has 0 aliphatic carbocycles. The summed E-state index contributed by atoms with van der Waals surface area (Å²) in [6.45, 7) is 4.38. The lowest BCUT2D eigenvalue weighted by Crippen LogP contribution is -1.93. The van der Waals surface area contributed by atoms with Gasteiger partial charge in [-0.05, 0) is 42.2 Å². The minimum atomic E-state index is -0.318. The summed E-state index contributed by atoms with van der Waals surface area (Å²) in [7, 11) is 0. The Balaban J connectivity index is 1.84. The first-order chi connectivity index (χ1) is 10.6. The van der Waals surface area contributed by atoms with Gasteiger partial charge in [-0.25, -0.2) is 4.39 Å². The largest absolute Gasteiger partial charge is 0.334 e. The van der Waals surface area contributed by atoms with E-state index in [-0.39, 0.29) is 5.82 Å². The van der Waals surface area contributed by atoms with Crippen LogP contribution in [0, 0.1) is 11.7 Å². The summed E-state index contributed by atoms with van der Waals surface area (Å²) >= 11 is 0. The smallest absolute Gasteiger partial charge is 0.258 e. The number of benzene rings is 2. The van der Waals surface area contributed by atoms with Gasteiger partial charge in [-0.1, -0.05) is 43.3 Å². The molecule has 0 N–H and O–H groups in total. The standard InChI is InChI=1S/C18H17FN2O/c1-12(2)10-13-6-8-14(9-7-13)18-20-17(21-22-18)15-4-3-5-16(19)11-15/h3-9,11-12H,10H2,1-2H3. The second-order valence-corrected chi connectivity index (χ2v) is 5.73. The van der Waals surface area contributed by atoms with E-state index >= 15 is 0 Å². The van der Waals surface area contributed by atoms with Gasteiger partial charge in [0.15, 0.2) is 0 Å². The van der Waals surface area contributed by atoms with Gasteiger partial charge in [0.1, 0.15) is 5.82 Å². The molecule has 0 fully saturated rings. The maximum absolute atomic E-state index is 13.2. The second kappa shape index (κ2) is 6.10. The molecule has 0 radical (unpaired) electrons. The maximum Gasteiger partial charge on any atom is 0.258 e. The number of halogens is 1. The first-order valence-electron chi connectivity index (χ1n) is 7.31. The van der Waals surface area contributed by atoms with Crippen molar-refractivity contribution >= 4 is 0 Å². The number of nitrogens with zero attached hydrogens (tertiary/aromatic N) is 2. The molecular formula is C18H17FN2O. The van der Waals surface area contributed by atoms with Crippen LogP contribution in [-0.2, 0) is 6.42 Å². The van der Waals surface area contributed by atoms with Gasteiger partial charge in [0.05, 0.1) is 0 Å². The van der Waals surface area contributed by atoms with Crippen molar-refractivity contribution in [1.29, 1.82) is 0 Å². The highest BCUT2D eigenvalue weighted by molar-refractivity contribution is 5.59. The summed E-state index contributed by atoms with van der Waals surface area (Å²) < 4.78 is 18.5. The highest BCUT2D eigenvalue weighted by Gasteiger charge is 2.11. The molecule has 0 aliphatic rings. The predicted octanol–water partition coefficient (Wildman–Crippen LogP) is 4.74. The Bertz CT molecular complexity index is 763. The van der Waals surface area contributed by atoms with E-state index in [1.54, 1.807) is 12.1 Å². The van der Waals surface area contributed by atoms with E-state index in [0.717, 1.165) is 12.0 Å². The van der Waals surface area contributed by atoms with Gasteiger partial charge in [-0.15, -0.1) is 0 Å². The molecule has 3 nitrogen and oxygen atoms in total. The van der Waals surface area contributed by atoms with Crippen LogP contribution in [0.3, 0.4) is 0 Å². The van der Waals surface area contributed by atoms with Crippen molar-refractivity contribution in [3.05, 3.63) is 59.9 Å². The lowest BCUT2D eigenvalue weighted by Gasteiger charge is -2.04. The van der Waals surface area contributed by atoms with Crippen molar-refractivity contribution in [1.82, 2.24) is 10.1 Å². The fraction of sp³-hybridized carbons (Fsp3) is 0.222. The Morgan fingerprint density at radius 3 is 2.50 bits per heavy atom. The van der Waals surface area contributed by atoms with E-state index < -0.39 is 0 Å². The number of aromatic nitrogens is 2. The normalized spacial score (nSPS) is 11.1. The molecule has 0 unspecified atom stereocenters. The van der Waals surface area contributed by atoms with Gasteiger partial charge < -0.3 is 4.52 Å². The van der Waals surface area contributed by atoms with Gasteiger partial charge in [0, 0.05) is 11.1 Å². The Morgan fingerprint density at radius 1 is 1.05 bits per heavy atom. The summed E-state index contributed by atoms with van der Waals surface area (Å²) in [6, 6.07) is 14.2. The monoisotopic (exact) mass is 296 g/mol. The van der Waals surface area contributed by atoms with E-state index in [1.165, 1.54) is 17.7 Å². The molecule has 1 heterocycles. The Labute approximate surface area is 128 Å². The highest BCUT2D eigenvalue weighted by atomic mass is 19.1. The Hall–Kier alpha value is -2.49. The quantitative estimate of drug-likeness (QED) is 0.698. The average Bonchev–Trinajstić information content (AvgIpc) is 2.97. The van der Waals surface area contributed by atoms with Crippen molar-refractivity contribution in [2.24, 2.45) is 5.92 Å². The van der Waals surface area contributed by atoms with E-state index in [2.05, 4.69) is 36.1 Å². The summed E-state index contributed by atoms with van der Waals surface area (Å²) in [5.41, 5.74) is 2.75. The molecule has 0 atom stereocenters. The van der Waals surface area contributed by atoms with E-state index in [9.17, 15) is 4.39 Å². The molecule has 0 saturated heterocycles. The third-order valence-electron chi connectivity index (χ3n) is 3.35. The van der Waals surface area contributed by atoms with Crippen LogP contribution < -0.4 is 0 Å². The van der Waals surface area contributed by atoms with Crippen molar-refractivity contribution in [3.63, 3.8) is 0 Å². The molecule has 0 aliphatic heterocycles. The first kappa shape index (κ1) is 14.4. The fourth-order valence-electron chi connectivity index (χ4n) is 2.34. The molecule has 0 spiro atoms. The van der Waals surface area contributed by atoms with Crippen LogP contribution in [0.1, 0.15) is 19.4 Å². The van der Waals surface area contributed by atoms with Crippen molar-refractivity contribution in [2.45, 2.75) is 20.3 Å². The number of hydrogen-bond acceptors (Lipinski definition) is 3. The van der Waals surface area contributed by atoms with Crippen molar-refractivity contribution in [3.8, 4) is 22.8 Å². The maximum atomic E-state index is 13.2. The number of rotatable bonds is 4. The molecule has 0 bridgehead atoms. The zero-order valence-corrected chi connectivity index (χ0v) is 12.6. The van der Waals surface area contributed by atoms with Crippen LogP contribution in [0.4, 0.5) is 4.39 Å². The molecular weight excluding hydrogens is 279 g/mol. The second-order valence-electron chi connectivity index (χ2n) is 5.73. The van der Waals surface area contributed by atoms with Gasteiger partial charge >= 0.3 is 0 Å². The van der Waals surface area contributed by atoms with Crippen LogP contribution in [0.5, 0.6) is 0 Å². The zero-order chi connectivity index (χ0) is 15.5. The molecule has 0 saturated carbocycles. The van der Waals surface area contributed by atoms with Gasteiger partial charge in [0.2, 0.25) is 5.82 Å². The van der Waals surface area contributed by atoms with Crippen LogP contribution in [0.15, 0.2) is 53.1 Å². The van der Waals surface area contributed by atoms with Crippen molar-refractivity contribution in [2.75, 3.05) is 0 Å². The van der Waals surface area contributed by atoms with E-state index in [4.69, 9.17) is 4.52 Å². The van der Waals surface area contributed by atoms with Gasteiger partial charge in [0.25, 0.3) is 5.89 Å².